The predicted octanol–water partition coefficient (Wildman–Crippen LogP) is 2.16. The second-order valence-electron chi connectivity index (χ2n) is 5.32. The number of aliphatic carboxylic acids is 1. The van der Waals surface area contributed by atoms with Gasteiger partial charge in [0.25, 0.3) is 0 Å². The molecule has 0 bridgehead atoms. The molecule has 0 aromatic carbocycles. The minimum absolute atomic E-state index is 0.278. The molecular formula is C14H18N4O2. The minimum atomic E-state index is -1.03. The van der Waals surface area contributed by atoms with Crippen molar-refractivity contribution < 1.29 is 9.90 Å². The average molecular weight is 274 g/mol. The molecule has 0 saturated heterocycles. The third-order valence-corrected chi connectivity index (χ3v) is 4.04. The number of rotatable bonds is 3. The molecule has 106 valence electrons. The fourth-order valence-corrected chi connectivity index (χ4v) is 2.61. The molecule has 0 spiro atoms. The lowest BCUT2D eigenvalue weighted by atomic mass is 9.81. The van der Waals surface area contributed by atoms with Crippen molar-refractivity contribution in [1.29, 1.82) is 5.26 Å². The molecule has 2 N–H and O–H groups in total. The van der Waals surface area contributed by atoms with Crippen molar-refractivity contribution in [1.82, 2.24) is 10.2 Å². The van der Waals surface area contributed by atoms with Crippen LogP contribution in [0.15, 0.2) is 0 Å². The molecule has 1 aliphatic carbocycles. The number of anilines is 1. The number of nitriles is 1. The zero-order valence-corrected chi connectivity index (χ0v) is 11.7. The maximum atomic E-state index is 11.6. The van der Waals surface area contributed by atoms with E-state index in [1.807, 2.05) is 0 Å². The molecular weight excluding hydrogens is 256 g/mol. The van der Waals surface area contributed by atoms with Crippen LogP contribution in [-0.4, -0.2) is 26.8 Å². The molecule has 0 amide bonds. The molecule has 0 aliphatic heterocycles. The first-order valence-electron chi connectivity index (χ1n) is 6.76. The Morgan fingerprint density at radius 2 is 1.95 bits per heavy atom. The topological polar surface area (TPSA) is 98.9 Å². The first kappa shape index (κ1) is 14.3. The Bertz CT molecular complexity index is 571. The highest BCUT2D eigenvalue weighted by atomic mass is 16.4. The summed E-state index contributed by atoms with van der Waals surface area (Å²) in [5.74, 6) is -0.610. The summed E-state index contributed by atoms with van der Waals surface area (Å²) < 4.78 is 0. The smallest absolute Gasteiger partial charge is 0.329 e. The molecule has 20 heavy (non-hydrogen) atoms. The lowest BCUT2D eigenvalue weighted by molar-refractivity contribution is -0.143. The van der Waals surface area contributed by atoms with Gasteiger partial charge in [-0.2, -0.15) is 10.4 Å². The fourth-order valence-electron chi connectivity index (χ4n) is 2.61. The molecule has 1 fully saturated rings. The van der Waals surface area contributed by atoms with Gasteiger partial charge in [0.2, 0.25) is 0 Å². The SMILES string of the molecule is Cc1nnc(NC2(C(=O)O)CCCCC2)c(C#N)c1C. The molecule has 0 unspecified atom stereocenters. The Morgan fingerprint density at radius 1 is 1.30 bits per heavy atom. The highest BCUT2D eigenvalue weighted by Gasteiger charge is 2.40. The molecule has 0 radical (unpaired) electrons. The summed E-state index contributed by atoms with van der Waals surface area (Å²) in [4.78, 5) is 11.6. The van der Waals surface area contributed by atoms with E-state index >= 15 is 0 Å². The maximum Gasteiger partial charge on any atom is 0.329 e. The molecule has 6 heteroatoms. The molecule has 2 rings (SSSR count). The van der Waals surface area contributed by atoms with E-state index in [0.717, 1.165) is 24.8 Å². The van der Waals surface area contributed by atoms with Crippen LogP contribution in [0.2, 0.25) is 0 Å². The van der Waals surface area contributed by atoms with E-state index in [9.17, 15) is 15.2 Å². The number of aryl methyl sites for hydroxylation is 1. The third kappa shape index (κ3) is 2.44. The highest BCUT2D eigenvalue weighted by Crippen LogP contribution is 2.32. The van der Waals surface area contributed by atoms with Crippen molar-refractivity contribution in [3.8, 4) is 6.07 Å². The molecule has 1 aromatic rings. The molecule has 6 nitrogen and oxygen atoms in total. The first-order chi connectivity index (χ1) is 9.50. The third-order valence-electron chi connectivity index (χ3n) is 4.04. The number of hydrogen-bond acceptors (Lipinski definition) is 5. The Morgan fingerprint density at radius 3 is 2.50 bits per heavy atom. The molecule has 1 aliphatic rings. The van der Waals surface area contributed by atoms with Gasteiger partial charge in [0, 0.05) is 0 Å². The van der Waals surface area contributed by atoms with Crippen LogP contribution in [0.5, 0.6) is 0 Å². The van der Waals surface area contributed by atoms with Crippen LogP contribution in [0.1, 0.15) is 48.9 Å². The van der Waals surface area contributed by atoms with Crippen LogP contribution in [0.3, 0.4) is 0 Å². The molecule has 1 heterocycles. The number of carboxylic acid groups (broad SMARTS) is 1. The van der Waals surface area contributed by atoms with E-state index in [2.05, 4.69) is 21.6 Å². The number of aromatic nitrogens is 2. The van der Waals surface area contributed by atoms with E-state index < -0.39 is 11.5 Å². The van der Waals surface area contributed by atoms with Gasteiger partial charge in [0.05, 0.1) is 5.69 Å². The van der Waals surface area contributed by atoms with Crippen molar-refractivity contribution in [2.45, 2.75) is 51.5 Å². The van der Waals surface area contributed by atoms with E-state index in [1.165, 1.54) is 0 Å². The van der Waals surface area contributed by atoms with Gasteiger partial charge < -0.3 is 10.4 Å². The minimum Gasteiger partial charge on any atom is -0.480 e. The van der Waals surface area contributed by atoms with E-state index in [-0.39, 0.29) is 5.82 Å². The van der Waals surface area contributed by atoms with Crippen LogP contribution >= 0.6 is 0 Å². The second kappa shape index (κ2) is 5.45. The molecule has 1 saturated carbocycles. The van der Waals surface area contributed by atoms with Gasteiger partial charge in [-0.05, 0) is 32.3 Å². The Balaban J connectivity index is 2.40. The Labute approximate surface area is 117 Å². The van der Waals surface area contributed by atoms with Crippen molar-refractivity contribution in [2.24, 2.45) is 0 Å². The fraction of sp³-hybridized carbons (Fsp3) is 0.571. The molecule has 1 aromatic heterocycles. The lowest BCUT2D eigenvalue weighted by Crippen LogP contribution is -2.48. The van der Waals surface area contributed by atoms with Gasteiger partial charge in [-0.25, -0.2) is 4.79 Å². The highest BCUT2D eigenvalue weighted by molar-refractivity contribution is 5.83. The monoisotopic (exact) mass is 274 g/mol. The Kier molecular flexibility index (Phi) is 3.89. The van der Waals surface area contributed by atoms with E-state index in [4.69, 9.17) is 0 Å². The van der Waals surface area contributed by atoms with Crippen LogP contribution in [0.4, 0.5) is 5.82 Å². The van der Waals surface area contributed by atoms with Crippen molar-refractivity contribution >= 4 is 11.8 Å². The summed E-state index contributed by atoms with van der Waals surface area (Å²) in [6.07, 6.45) is 3.85. The average Bonchev–Trinajstić information content (AvgIpc) is 2.44. The zero-order chi connectivity index (χ0) is 14.8. The Hall–Kier alpha value is -2.16. The predicted molar refractivity (Wildman–Crippen MR) is 73.3 cm³/mol. The lowest BCUT2D eigenvalue weighted by Gasteiger charge is -2.34. The number of nitrogens with one attached hydrogen (secondary N) is 1. The van der Waals surface area contributed by atoms with Crippen molar-refractivity contribution in [3.63, 3.8) is 0 Å². The van der Waals surface area contributed by atoms with Crippen LogP contribution in [-0.2, 0) is 4.79 Å². The molecule has 0 atom stereocenters. The largest absolute Gasteiger partial charge is 0.480 e. The summed E-state index contributed by atoms with van der Waals surface area (Å²) in [6, 6.07) is 2.09. The maximum absolute atomic E-state index is 11.6. The summed E-state index contributed by atoms with van der Waals surface area (Å²) >= 11 is 0. The summed E-state index contributed by atoms with van der Waals surface area (Å²) in [5, 5.41) is 29.8. The van der Waals surface area contributed by atoms with E-state index in [1.54, 1.807) is 13.8 Å². The van der Waals surface area contributed by atoms with Crippen LogP contribution in [0, 0.1) is 25.2 Å². The number of hydrogen-bond donors (Lipinski definition) is 2. The number of carboxylic acids is 1. The quantitative estimate of drug-likeness (QED) is 0.876. The van der Waals surface area contributed by atoms with Gasteiger partial charge in [0.15, 0.2) is 5.82 Å². The number of nitrogens with zero attached hydrogens (tertiary/aromatic N) is 3. The standard InChI is InChI=1S/C14H18N4O2/c1-9-10(2)17-18-12(11(9)8-15)16-14(13(19)20)6-4-3-5-7-14/h3-7H2,1-2H3,(H,16,18)(H,19,20). The van der Waals surface area contributed by atoms with Crippen LogP contribution in [0.25, 0.3) is 0 Å². The second-order valence-corrected chi connectivity index (χ2v) is 5.32. The summed E-state index contributed by atoms with van der Waals surface area (Å²) in [5.41, 5.74) is 0.769. The van der Waals surface area contributed by atoms with Gasteiger partial charge in [0.1, 0.15) is 17.2 Å². The van der Waals surface area contributed by atoms with Crippen LogP contribution < -0.4 is 5.32 Å². The van der Waals surface area contributed by atoms with Gasteiger partial charge in [-0.15, -0.1) is 5.10 Å². The van der Waals surface area contributed by atoms with Gasteiger partial charge in [-0.3, -0.25) is 0 Å². The first-order valence-corrected chi connectivity index (χ1v) is 6.76. The zero-order valence-electron chi connectivity index (χ0n) is 11.7. The van der Waals surface area contributed by atoms with Gasteiger partial charge in [-0.1, -0.05) is 19.3 Å². The van der Waals surface area contributed by atoms with Gasteiger partial charge >= 0.3 is 5.97 Å². The van der Waals surface area contributed by atoms with Crippen molar-refractivity contribution in [3.05, 3.63) is 16.8 Å². The van der Waals surface area contributed by atoms with E-state index in [0.29, 0.717) is 24.1 Å². The number of carbonyl (C=O) groups is 1. The van der Waals surface area contributed by atoms with Crippen molar-refractivity contribution in [2.75, 3.05) is 5.32 Å². The summed E-state index contributed by atoms with van der Waals surface area (Å²) in [6.45, 7) is 3.57. The summed E-state index contributed by atoms with van der Waals surface area (Å²) in [7, 11) is 0. The normalized spacial score (nSPS) is 17.2.